The first-order chi connectivity index (χ1) is 11.2. The topological polar surface area (TPSA) is 71.0 Å². The number of carbonyl (C=O) groups is 2. The molecule has 1 N–H and O–H groups in total. The second-order valence-electron chi connectivity index (χ2n) is 5.04. The Labute approximate surface area is 143 Å². The van der Waals surface area contributed by atoms with Crippen molar-refractivity contribution in [1.82, 2.24) is 10.3 Å². The molecule has 1 unspecified atom stereocenters. The molecule has 1 saturated heterocycles. The summed E-state index contributed by atoms with van der Waals surface area (Å²) in [6.45, 7) is 2.47. The lowest BCUT2D eigenvalue weighted by Gasteiger charge is -2.27. The highest BCUT2D eigenvalue weighted by Crippen LogP contribution is 2.36. The molecule has 2 aliphatic heterocycles. The van der Waals surface area contributed by atoms with Gasteiger partial charge in [-0.05, 0) is 5.56 Å². The minimum absolute atomic E-state index is 0.0785. The molecule has 0 radical (unpaired) electrons. The second kappa shape index (κ2) is 7.85. The molecule has 6 nitrogen and oxygen atoms in total. The Morgan fingerprint density at radius 1 is 1.35 bits per heavy atom. The molecule has 122 valence electrons. The minimum atomic E-state index is -0.324. The fourth-order valence-corrected chi connectivity index (χ4v) is 4.31. The van der Waals surface area contributed by atoms with Crippen molar-refractivity contribution < 1.29 is 14.3 Å². The van der Waals surface area contributed by atoms with Gasteiger partial charge in [0.05, 0.1) is 19.0 Å². The number of ether oxygens (including phenoxy) is 1. The van der Waals surface area contributed by atoms with Crippen LogP contribution in [0.25, 0.3) is 0 Å². The predicted octanol–water partition coefficient (Wildman–Crippen LogP) is 1.45. The number of carbonyl (C=O) groups excluding carboxylic acids is 2. The van der Waals surface area contributed by atoms with E-state index in [0.29, 0.717) is 36.4 Å². The zero-order chi connectivity index (χ0) is 16.1. The highest BCUT2D eigenvalue weighted by atomic mass is 32.2. The van der Waals surface area contributed by atoms with Crippen LogP contribution in [0, 0.1) is 0 Å². The molecular weight excluding hydrogens is 334 g/mol. The van der Waals surface area contributed by atoms with Crippen molar-refractivity contribution in [3.05, 3.63) is 35.9 Å². The first-order valence-electron chi connectivity index (χ1n) is 7.31. The second-order valence-corrected chi connectivity index (χ2v) is 7.36. The lowest BCUT2D eigenvalue weighted by Crippen LogP contribution is -2.41. The van der Waals surface area contributed by atoms with E-state index in [1.54, 1.807) is 4.90 Å². The number of benzene rings is 1. The number of morpholine rings is 1. The lowest BCUT2D eigenvalue weighted by atomic mass is 10.1. The number of hydrazone groups is 1. The molecule has 2 amide bonds. The zero-order valence-corrected chi connectivity index (χ0v) is 14.1. The third kappa shape index (κ3) is 4.27. The molecule has 1 aromatic carbocycles. The quantitative estimate of drug-likeness (QED) is 0.893. The fraction of sp³-hybridized carbons (Fsp3) is 0.400. The summed E-state index contributed by atoms with van der Waals surface area (Å²) in [5.41, 5.74) is 3.48. The van der Waals surface area contributed by atoms with Crippen LogP contribution in [0.4, 0.5) is 0 Å². The van der Waals surface area contributed by atoms with E-state index in [9.17, 15) is 9.59 Å². The maximum Gasteiger partial charge on any atom is 0.258 e. The van der Waals surface area contributed by atoms with Gasteiger partial charge in [-0.2, -0.15) is 5.10 Å². The van der Waals surface area contributed by atoms with Crippen molar-refractivity contribution in [2.45, 2.75) is 5.25 Å². The number of hydrogen-bond donors (Lipinski definition) is 1. The van der Waals surface area contributed by atoms with E-state index in [0.717, 1.165) is 5.56 Å². The van der Waals surface area contributed by atoms with Gasteiger partial charge in [0.2, 0.25) is 5.91 Å². The maximum atomic E-state index is 12.2. The predicted molar refractivity (Wildman–Crippen MR) is 92.2 cm³/mol. The van der Waals surface area contributed by atoms with Crippen LogP contribution in [-0.2, 0) is 14.3 Å². The Kier molecular flexibility index (Phi) is 5.58. The summed E-state index contributed by atoms with van der Waals surface area (Å²) in [5, 5.41) is 3.73. The number of thioether (sulfide) groups is 2. The minimum Gasteiger partial charge on any atom is -0.378 e. The molecule has 0 bridgehead atoms. The standard InChI is InChI=1S/C15H17N3O3S2/c19-12(18-6-8-21-9-7-18)10-22-15-17-16-14(20)13(23-15)11-4-2-1-3-5-11/h1-5,13H,6-10H2,(H,16,20). The molecule has 0 aromatic heterocycles. The van der Waals surface area contributed by atoms with E-state index in [2.05, 4.69) is 10.5 Å². The van der Waals surface area contributed by atoms with Crippen LogP contribution in [-0.4, -0.2) is 53.1 Å². The number of hydrogen-bond acceptors (Lipinski definition) is 6. The Balaban J connectivity index is 1.56. The molecule has 0 spiro atoms. The molecule has 1 aromatic rings. The van der Waals surface area contributed by atoms with Crippen LogP contribution < -0.4 is 5.43 Å². The zero-order valence-electron chi connectivity index (χ0n) is 12.4. The van der Waals surface area contributed by atoms with E-state index < -0.39 is 0 Å². The summed E-state index contributed by atoms with van der Waals surface area (Å²) in [6.07, 6.45) is 0. The average Bonchev–Trinajstić information content (AvgIpc) is 2.62. The number of nitrogens with one attached hydrogen (secondary N) is 1. The van der Waals surface area contributed by atoms with Crippen LogP contribution in [0.15, 0.2) is 35.4 Å². The summed E-state index contributed by atoms with van der Waals surface area (Å²) in [4.78, 5) is 25.9. The largest absolute Gasteiger partial charge is 0.378 e. The Hall–Kier alpha value is -1.51. The molecule has 2 heterocycles. The van der Waals surface area contributed by atoms with Crippen LogP contribution in [0.5, 0.6) is 0 Å². The number of amides is 2. The van der Waals surface area contributed by atoms with Gasteiger partial charge in [0.15, 0.2) is 4.38 Å². The number of nitrogens with zero attached hydrogens (tertiary/aromatic N) is 2. The van der Waals surface area contributed by atoms with Gasteiger partial charge in [0.25, 0.3) is 5.91 Å². The Morgan fingerprint density at radius 3 is 2.83 bits per heavy atom. The normalized spacial score (nSPS) is 21.6. The molecule has 8 heteroatoms. The molecule has 2 aliphatic rings. The summed E-state index contributed by atoms with van der Waals surface area (Å²) in [7, 11) is 0. The smallest absolute Gasteiger partial charge is 0.258 e. The van der Waals surface area contributed by atoms with Gasteiger partial charge in [0.1, 0.15) is 5.25 Å². The summed E-state index contributed by atoms with van der Waals surface area (Å²) in [5.74, 6) is 0.267. The third-order valence-electron chi connectivity index (χ3n) is 3.50. The third-order valence-corrected chi connectivity index (χ3v) is 5.89. The highest BCUT2D eigenvalue weighted by molar-refractivity contribution is 8.39. The van der Waals surface area contributed by atoms with Crippen LogP contribution in [0.1, 0.15) is 10.8 Å². The molecular formula is C15H17N3O3S2. The Morgan fingerprint density at radius 2 is 2.09 bits per heavy atom. The highest BCUT2D eigenvalue weighted by Gasteiger charge is 2.28. The SMILES string of the molecule is O=C1NN=C(SCC(=O)N2CCOCC2)SC1c1ccccc1. The van der Waals surface area contributed by atoms with E-state index >= 15 is 0 Å². The van der Waals surface area contributed by atoms with Crippen LogP contribution >= 0.6 is 23.5 Å². The molecule has 0 saturated carbocycles. The van der Waals surface area contributed by atoms with E-state index in [4.69, 9.17) is 4.74 Å². The van der Waals surface area contributed by atoms with Gasteiger partial charge in [0, 0.05) is 13.1 Å². The monoisotopic (exact) mass is 351 g/mol. The fourth-order valence-electron chi connectivity index (χ4n) is 2.28. The molecule has 1 fully saturated rings. The molecule has 3 rings (SSSR count). The molecule has 1 atom stereocenters. The van der Waals surface area contributed by atoms with Gasteiger partial charge in [-0.15, -0.1) is 0 Å². The first-order valence-corrected chi connectivity index (χ1v) is 9.18. The van der Waals surface area contributed by atoms with Crippen molar-refractivity contribution in [3.63, 3.8) is 0 Å². The van der Waals surface area contributed by atoms with Gasteiger partial charge in [-0.25, -0.2) is 5.43 Å². The van der Waals surface area contributed by atoms with Crippen molar-refractivity contribution in [2.24, 2.45) is 5.10 Å². The van der Waals surface area contributed by atoms with Gasteiger partial charge in [-0.1, -0.05) is 53.9 Å². The van der Waals surface area contributed by atoms with E-state index in [-0.39, 0.29) is 17.1 Å². The van der Waals surface area contributed by atoms with Crippen LogP contribution in [0.3, 0.4) is 0 Å². The number of rotatable bonds is 3. The van der Waals surface area contributed by atoms with Crippen molar-refractivity contribution in [3.8, 4) is 0 Å². The van der Waals surface area contributed by atoms with Crippen molar-refractivity contribution in [1.29, 1.82) is 0 Å². The maximum absolute atomic E-state index is 12.2. The van der Waals surface area contributed by atoms with Gasteiger partial charge in [-0.3, -0.25) is 9.59 Å². The Bertz CT molecular complexity index is 603. The van der Waals surface area contributed by atoms with Crippen LogP contribution in [0.2, 0.25) is 0 Å². The van der Waals surface area contributed by atoms with Crippen molar-refractivity contribution in [2.75, 3.05) is 32.1 Å². The lowest BCUT2D eigenvalue weighted by molar-refractivity contribution is -0.132. The van der Waals surface area contributed by atoms with Gasteiger partial charge < -0.3 is 9.64 Å². The van der Waals surface area contributed by atoms with E-state index in [1.807, 2.05) is 30.3 Å². The van der Waals surface area contributed by atoms with Gasteiger partial charge >= 0.3 is 0 Å². The first kappa shape index (κ1) is 16.4. The summed E-state index contributed by atoms with van der Waals surface area (Å²) < 4.78 is 5.95. The summed E-state index contributed by atoms with van der Waals surface area (Å²) >= 11 is 2.75. The molecule has 23 heavy (non-hydrogen) atoms. The summed E-state index contributed by atoms with van der Waals surface area (Å²) in [6, 6.07) is 9.57. The average molecular weight is 351 g/mol. The van der Waals surface area contributed by atoms with E-state index in [1.165, 1.54) is 23.5 Å². The molecule has 0 aliphatic carbocycles. The van der Waals surface area contributed by atoms with Crippen molar-refractivity contribution >= 4 is 39.7 Å².